The van der Waals surface area contributed by atoms with Crippen LogP contribution in [0.5, 0.6) is 0 Å². The zero-order valence-corrected chi connectivity index (χ0v) is 15.0. The van der Waals surface area contributed by atoms with E-state index in [1.54, 1.807) is 24.3 Å². The minimum atomic E-state index is -0.485. The lowest BCUT2D eigenvalue weighted by molar-refractivity contribution is -0.125. The van der Waals surface area contributed by atoms with Gasteiger partial charge in [-0.3, -0.25) is 14.4 Å². The molecule has 4 N–H and O–H groups in total. The van der Waals surface area contributed by atoms with E-state index in [1.807, 2.05) is 0 Å². The first-order valence-corrected chi connectivity index (χ1v) is 9.54. The molecule has 0 radical (unpaired) electrons. The third-order valence-corrected chi connectivity index (χ3v) is 5.61. The van der Waals surface area contributed by atoms with Crippen molar-refractivity contribution in [3.63, 3.8) is 0 Å². The monoisotopic (exact) mass is 357 g/mol. The van der Waals surface area contributed by atoms with Crippen molar-refractivity contribution >= 4 is 23.4 Å². The van der Waals surface area contributed by atoms with Gasteiger partial charge in [0.25, 0.3) is 0 Å². The van der Waals surface area contributed by atoms with Crippen LogP contribution in [0.1, 0.15) is 61.7 Å². The van der Waals surface area contributed by atoms with Crippen LogP contribution in [0.15, 0.2) is 24.3 Å². The Morgan fingerprint density at radius 3 is 1.96 bits per heavy atom. The molecule has 2 fully saturated rings. The molecule has 1 aromatic carbocycles. The molecule has 0 aliphatic heterocycles. The van der Waals surface area contributed by atoms with Crippen molar-refractivity contribution in [2.24, 2.45) is 17.6 Å². The summed E-state index contributed by atoms with van der Waals surface area (Å²) in [7, 11) is 0. The fraction of sp³-hybridized carbons (Fsp3) is 0.550. The third-order valence-electron chi connectivity index (χ3n) is 5.61. The Kier molecular flexibility index (Phi) is 5.91. The quantitative estimate of drug-likeness (QED) is 0.755. The third kappa shape index (κ3) is 4.62. The van der Waals surface area contributed by atoms with Gasteiger partial charge in [0, 0.05) is 29.1 Å². The maximum atomic E-state index is 12.4. The molecule has 0 atom stereocenters. The Balaban J connectivity index is 1.44. The molecule has 2 aliphatic carbocycles. The van der Waals surface area contributed by atoms with E-state index in [1.165, 1.54) is 0 Å². The molecule has 3 amide bonds. The summed E-state index contributed by atoms with van der Waals surface area (Å²) in [6.07, 6.45) is 7.59. The van der Waals surface area contributed by atoms with Crippen molar-refractivity contribution in [1.82, 2.24) is 5.32 Å². The maximum Gasteiger partial charge on any atom is 0.248 e. The number of hydrogen-bond acceptors (Lipinski definition) is 3. The second-order valence-corrected chi connectivity index (χ2v) is 7.47. The lowest BCUT2D eigenvalue weighted by Gasteiger charge is -2.29. The van der Waals surface area contributed by atoms with Crippen molar-refractivity contribution in [3.05, 3.63) is 29.8 Å². The molecule has 140 valence electrons. The zero-order chi connectivity index (χ0) is 18.5. The molecule has 2 aliphatic rings. The Hall–Kier alpha value is -2.37. The van der Waals surface area contributed by atoms with Crippen LogP contribution in [0.3, 0.4) is 0 Å². The van der Waals surface area contributed by atoms with Crippen LogP contribution in [0.4, 0.5) is 5.69 Å². The SMILES string of the molecule is NC(=O)c1ccc(NC(=O)C2CCC(NC(=O)C3CCCC3)CC2)cc1. The van der Waals surface area contributed by atoms with Crippen LogP contribution in [0, 0.1) is 11.8 Å². The number of carbonyl (C=O) groups excluding carboxylic acids is 3. The van der Waals surface area contributed by atoms with Gasteiger partial charge in [0.05, 0.1) is 0 Å². The molecule has 0 saturated heterocycles. The Bertz CT molecular complexity index is 657. The predicted molar refractivity (Wildman–Crippen MR) is 99.4 cm³/mol. The van der Waals surface area contributed by atoms with Crippen molar-refractivity contribution < 1.29 is 14.4 Å². The summed E-state index contributed by atoms with van der Waals surface area (Å²) in [6.45, 7) is 0. The van der Waals surface area contributed by atoms with Crippen LogP contribution < -0.4 is 16.4 Å². The molecular formula is C20H27N3O3. The summed E-state index contributed by atoms with van der Waals surface area (Å²) in [5.74, 6) is -0.131. The van der Waals surface area contributed by atoms with Gasteiger partial charge in [0.1, 0.15) is 0 Å². The fourth-order valence-corrected chi connectivity index (χ4v) is 3.97. The summed E-state index contributed by atoms with van der Waals surface area (Å²) >= 11 is 0. The predicted octanol–water partition coefficient (Wildman–Crippen LogP) is 2.59. The fourth-order valence-electron chi connectivity index (χ4n) is 3.97. The molecule has 2 saturated carbocycles. The highest BCUT2D eigenvalue weighted by molar-refractivity contribution is 5.95. The molecule has 0 aromatic heterocycles. The van der Waals surface area contributed by atoms with E-state index in [4.69, 9.17) is 5.73 Å². The first kappa shape index (κ1) is 18.4. The van der Waals surface area contributed by atoms with E-state index in [9.17, 15) is 14.4 Å². The molecule has 26 heavy (non-hydrogen) atoms. The van der Waals surface area contributed by atoms with E-state index in [-0.39, 0.29) is 29.7 Å². The summed E-state index contributed by atoms with van der Waals surface area (Å²) < 4.78 is 0. The number of nitrogens with one attached hydrogen (secondary N) is 2. The summed E-state index contributed by atoms with van der Waals surface area (Å²) in [5, 5.41) is 6.07. The van der Waals surface area contributed by atoms with Gasteiger partial charge in [-0.15, -0.1) is 0 Å². The molecule has 0 bridgehead atoms. The van der Waals surface area contributed by atoms with Crippen molar-refractivity contribution in [2.45, 2.75) is 57.4 Å². The maximum absolute atomic E-state index is 12.4. The number of amides is 3. The van der Waals surface area contributed by atoms with Gasteiger partial charge in [-0.1, -0.05) is 12.8 Å². The number of rotatable bonds is 5. The molecule has 6 heteroatoms. The van der Waals surface area contributed by atoms with Crippen molar-refractivity contribution in [3.8, 4) is 0 Å². The molecule has 0 unspecified atom stereocenters. The molecule has 0 heterocycles. The smallest absolute Gasteiger partial charge is 0.248 e. The lowest BCUT2D eigenvalue weighted by Crippen LogP contribution is -2.41. The Morgan fingerprint density at radius 2 is 1.38 bits per heavy atom. The molecule has 6 nitrogen and oxygen atoms in total. The van der Waals surface area contributed by atoms with E-state index >= 15 is 0 Å². The van der Waals surface area contributed by atoms with Gasteiger partial charge >= 0.3 is 0 Å². The van der Waals surface area contributed by atoms with Crippen LogP contribution in [-0.2, 0) is 9.59 Å². The van der Waals surface area contributed by atoms with Gasteiger partial charge in [-0.2, -0.15) is 0 Å². The van der Waals surface area contributed by atoms with Gasteiger partial charge in [0.15, 0.2) is 0 Å². The van der Waals surface area contributed by atoms with Crippen molar-refractivity contribution in [2.75, 3.05) is 5.32 Å². The summed E-state index contributed by atoms with van der Waals surface area (Å²) in [6, 6.07) is 6.78. The molecule has 1 aromatic rings. The largest absolute Gasteiger partial charge is 0.366 e. The van der Waals surface area contributed by atoms with Gasteiger partial charge < -0.3 is 16.4 Å². The first-order valence-electron chi connectivity index (χ1n) is 9.54. The normalized spacial score (nSPS) is 23.4. The van der Waals surface area contributed by atoms with Crippen LogP contribution in [0.2, 0.25) is 0 Å². The summed E-state index contributed by atoms with van der Waals surface area (Å²) in [5.41, 5.74) is 6.29. The minimum Gasteiger partial charge on any atom is -0.366 e. The minimum absolute atomic E-state index is 0.00241. The number of primary amides is 1. The van der Waals surface area contributed by atoms with Crippen LogP contribution in [-0.4, -0.2) is 23.8 Å². The average molecular weight is 357 g/mol. The van der Waals surface area contributed by atoms with Gasteiger partial charge in [0.2, 0.25) is 17.7 Å². The number of benzene rings is 1. The number of nitrogens with two attached hydrogens (primary N) is 1. The van der Waals surface area contributed by atoms with E-state index in [2.05, 4.69) is 10.6 Å². The lowest BCUT2D eigenvalue weighted by atomic mass is 9.85. The average Bonchev–Trinajstić information content (AvgIpc) is 3.17. The summed E-state index contributed by atoms with van der Waals surface area (Å²) in [4.78, 5) is 35.7. The first-order chi connectivity index (χ1) is 12.5. The second kappa shape index (κ2) is 8.34. The highest BCUT2D eigenvalue weighted by atomic mass is 16.2. The van der Waals surface area contributed by atoms with Crippen LogP contribution >= 0.6 is 0 Å². The highest BCUT2D eigenvalue weighted by Gasteiger charge is 2.29. The molecule has 0 spiro atoms. The Morgan fingerprint density at radius 1 is 0.808 bits per heavy atom. The standard InChI is InChI=1S/C20H27N3O3/c21-18(24)13-5-9-16(10-6-13)23-20(26)15-7-11-17(12-8-15)22-19(25)14-3-1-2-4-14/h5-6,9-10,14-15,17H,1-4,7-8,11-12H2,(H2,21,24)(H,22,25)(H,23,26). The Labute approximate surface area is 153 Å². The molecule has 3 rings (SSSR count). The number of hydrogen-bond donors (Lipinski definition) is 3. The van der Waals surface area contributed by atoms with E-state index in [0.717, 1.165) is 51.4 Å². The number of anilines is 1. The number of carbonyl (C=O) groups is 3. The van der Waals surface area contributed by atoms with Gasteiger partial charge in [-0.25, -0.2) is 0 Å². The highest BCUT2D eigenvalue weighted by Crippen LogP contribution is 2.28. The van der Waals surface area contributed by atoms with Gasteiger partial charge in [-0.05, 0) is 62.8 Å². The van der Waals surface area contributed by atoms with E-state index in [0.29, 0.717) is 11.3 Å². The molecular weight excluding hydrogens is 330 g/mol. The second-order valence-electron chi connectivity index (χ2n) is 7.47. The van der Waals surface area contributed by atoms with E-state index < -0.39 is 5.91 Å². The van der Waals surface area contributed by atoms with Crippen molar-refractivity contribution in [1.29, 1.82) is 0 Å². The zero-order valence-electron chi connectivity index (χ0n) is 15.0. The van der Waals surface area contributed by atoms with Crippen LogP contribution in [0.25, 0.3) is 0 Å². The topological polar surface area (TPSA) is 101 Å².